The van der Waals surface area contributed by atoms with Crippen molar-refractivity contribution in [3.05, 3.63) is 16.6 Å². The Morgan fingerprint density at radius 2 is 2.28 bits per heavy atom. The van der Waals surface area contributed by atoms with Gasteiger partial charge >= 0.3 is 5.97 Å². The van der Waals surface area contributed by atoms with Gasteiger partial charge in [-0.1, -0.05) is 0 Å². The maximum atomic E-state index is 12.3. The van der Waals surface area contributed by atoms with Crippen LogP contribution in [0.5, 0.6) is 0 Å². The van der Waals surface area contributed by atoms with Crippen molar-refractivity contribution in [1.29, 1.82) is 0 Å². The van der Waals surface area contributed by atoms with Crippen LogP contribution in [0, 0.1) is 12.8 Å². The summed E-state index contributed by atoms with van der Waals surface area (Å²) in [6.07, 6.45) is 2.27. The highest BCUT2D eigenvalue weighted by molar-refractivity contribution is 7.03. The zero-order valence-corrected chi connectivity index (χ0v) is 11.1. The predicted molar refractivity (Wildman–Crippen MR) is 67.7 cm³/mol. The van der Waals surface area contributed by atoms with Crippen LogP contribution in [0.1, 0.15) is 35.3 Å². The van der Waals surface area contributed by atoms with Crippen molar-refractivity contribution in [3.8, 4) is 0 Å². The van der Waals surface area contributed by atoms with Crippen molar-refractivity contribution in [2.75, 3.05) is 13.1 Å². The zero-order valence-electron chi connectivity index (χ0n) is 10.3. The Morgan fingerprint density at radius 1 is 1.56 bits per heavy atom. The second kappa shape index (κ2) is 5.48. The number of carbonyl (C=O) groups is 2. The quantitative estimate of drug-likeness (QED) is 0.853. The molecule has 6 heteroatoms. The molecule has 1 amide bonds. The minimum absolute atomic E-state index is 0.00489. The highest BCUT2D eigenvalue weighted by Gasteiger charge is 2.28. The maximum Gasteiger partial charge on any atom is 0.305 e. The molecule has 0 aromatic carbocycles. The fourth-order valence-corrected chi connectivity index (χ4v) is 2.47. The van der Waals surface area contributed by atoms with Crippen molar-refractivity contribution in [2.24, 2.45) is 5.92 Å². The molecule has 0 radical (unpaired) electrons. The largest absolute Gasteiger partial charge is 0.481 e. The molecule has 1 fully saturated rings. The lowest BCUT2D eigenvalue weighted by molar-refractivity contribution is -0.137. The van der Waals surface area contributed by atoms with E-state index in [9.17, 15) is 9.59 Å². The van der Waals surface area contributed by atoms with E-state index >= 15 is 0 Å². The minimum Gasteiger partial charge on any atom is -0.481 e. The third kappa shape index (κ3) is 3.29. The first-order valence-electron chi connectivity index (χ1n) is 6.00. The van der Waals surface area contributed by atoms with Gasteiger partial charge in [0.25, 0.3) is 5.91 Å². The summed E-state index contributed by atoms with van der Waals surface area (Å²) in [6.45, 7) is 2.75. The van der Waals surface area contributed by atoms with Gasteiger partial charge in [0, 0.05) is 18.5 Å². The van der Waals surface area contributed by atoms with E-state index in [4.69, 9.17) is 5.11 Å². The van der Waals surface area contributed by atoms with Crippen LogP contribution in [0.2, 0.25) is 0 Å². The molecule has 98 valence electrons. The molecule has 1 N–H and O–H groups in total. The first-order chi connectivity index (χ1) is 8.58. The maximum absolute atomic E-state index is 12.3. The molecular weight excluding hydrogens is 252 g/mol. The van der Waals surface area contributed by atoms with Gasteiger partial charge in [-0.2, -0.15) is 4.37 Å². The number of aliphatic carboxylic acids is 1. The molecule has 0 saturated heterocycles. The summed E-state index contributed by atoms with van der Waals surface area (Å²) in [6, 6.07) is 0. The number of carboxylic acid groups (broad SMARTS) is 1. The van der Waals surface area contributed by atoms with Gasteiger partial charge < -0.3 is 10.0 Å². The van der Waals surface area contributed by atoms with Crippen molar-refractivity contribution in [3.63, 3.8) is 0 Å². The first-order valence-corrected chi connectivity index (χ1v) is 6.83. The fourth-order valence-electron chi connectivity index (χ4n) is 1.79. The Kier molecular flexibility index (Phi) is 3.96. The molecule has 1 heterocycles. The van der Waals surface area contributed by atoms with E-state index in [2.05, 4.69) is 4.37 Å². The number of hydrogen-bond acceptors (Lipinski definition) is 4. The van der Waals surface area contributed by atoms with Gasteiger partial charge in [-0.3, -0.25) is 9.59 Å². The second-order valence-electron chi connectivity index (χ2n) is 4.65. The molecule has 1 saturated carbocycles. The lowest BCUT2D eigenvalue weighted by atomic mass is 10.2. The van der Waals surface area contributed by atoms with Gasteiger partial charge in [-0.05, 0) is 37.2 Å². The Balaban J connectivity index is 2.04. The highest BCUT2D eigenvalue weighted by atomic mass is 32.1. The molecule has 18 heavy (non-hydrogen) atoms. The second-order valence-corrected chi connectivity index (χ2v) is 5.28. The molecule has 0 spiro atoms. The van der Waals surface area contributed by atoms with E-state index in [0.717, 1.165) is 18.5 Å². The molecule has 2 rings (SSSR count). The molecule has 0 unspecified atom stereocenters. The molecule has 0 atom stereocenters. The summed E-state index contributed by atoms with van der Waals surface area (Å²) in [5, 5.41) is 10.5. The van der Waals surface area contributed by atoms with Gasteiger partial charge in [-0.15, -0.1) is 0 Å². The van der Waals surface area contributed by atoms with E-state index in [1.54, 1.807) is 17.2 Å². The van der Waals surface area contributed by atoms with E-state index in [1.165, 1.54) is 11.5 Å². The van der Waals surface area contributed by atoms with Crippen LogP contribution in [-0.2, 0) is 4.79 Å². The summed E-state index contributed by atoms with van der Waals surface area (Å²) >= 11 is 1.26. The number of carbonyl (C=O) groups excluding carboxylic acids is 1. The van der Waals surface area contributed by atoms with Gasteiger partial charge in [0.2, 0.25) is 0 Å². The van der Waals surface area contributed by atoms with Crippen molar-refractivity contribution < 1.29 is 14.7 Å². The average Bonchev–Trinajstić information content (AvgIpc) is 3.04. The normalized spacial score (nSPS) is 14.5. The smallest absolute Gasteiger partial charge is 0.305 e. The molecule has 0 aliphatic heterocycles. The van der Waals surface area contributed by atoms with Crippen LogP contribution < -0.4 is 0 Å². The van der Waals surface area contributed by atoms with Crippen LogP contribution in [0.3, 0.4) is 0 Å². The lowest BCUT2D eigenvalue weighted by Gasteiger charge is -2.21. The molecule has 1 aromatic rings. The fraction of sp³-hybridized carbons (Fsp3) is 0.583. The van der Waals surface area contributed by atoms with Crippen LogP contribution in [0.25, 0.3) is 0 Å². The SMILES string of the molecule is Cc1nscc1C(=O)N(CCC(=O)O)CC1CC1. The van der Waals surface area contributed by atoms with Crippen LogP contribution in [0.15, 0.2) is 5.38 Å². The summed E-state index contributed by atoms with van der Waals surface area (Å²) in [5.41, 5.74) is 1.33. The number of aromatic nitrogens is 1. The number of hydrogen-bond donors (Lipinski definition) is 1. The predicted octanol–water partition coefficient (Wildman–Crippen LogP) is 1.78. The van der Waals surface area contributed by atoms with Crippen LogP contribution in [-0.4, -0.2) is 39.3 Å². The molecule has 0 bridgehead atoms. The van der Waals surface area contributed by atoms with Crippen LogP contribution in [0.4, 0.5) is 0 Å². The monoisotopic (exact) mass is 268 g/mol. The molecule has 1 aromatic heterocycles. The topological polar surface area (TPSA) is 70.5 Å². The molecule has 1 aliphatic carbocycles. The number of aryl methyl sites for hydroxylation is 1. The molecular formula is C12H16N2O3S. The van der Waals surface area contributed by atoms with Crippen LogP contribution >= 0.6 is 11.5 Å². The van der Waals surface area contributed by atoms with Gasteiger partial charge in [0.15, 0.2) is 0 Å². The number of amides is 1. The van der Waals surface area contributed by atoms with Crippen molar-refractivity contribution >= 4 is 23.4 Å². The van der Waals surface area contributed by atoms with Crippen molar-refractivity contribution in [1.82, 2.24) is 9.27 Å². The van der Waals surface area contributed by atoms with Gasteiger partial charge in [-0.25, -0.2) is 0 Å². The molecule has 5 nitrogen and oxygen atoms in total. The van der Waals surface area contributed by atoms with Gasteiger partial charge in [0.05, 0.1) is 17.7 Å². The summed E-state index contributed by atoms with van der Waals surface area (Å²) in [4.78, 5) is 24.6. The standard InChI is InChI=1S/C12H16N2O3S/c1-8-10(7-18-13-8)12(17)14(5-4-11(15)16)6-9-2-3-9/h7,9H,2-6H2,1H3,(H,15,16). The Hall–Kier alpha value is -1.43. The highest BCUT2D eigenvalue weighted by Crippen LogP contribution is 2.30. The lowest BCUT2D eigenvalue weighted by Crippen LogP contribution is -2.35. The number of rotatable bonds is 6. The summed E-state index contributed by atoms with van der Waals surface area (Å²) in [7, 11) is 0. The van der Waals surface area contributed by atoms with E-state index < -0.39 is 5.97 Å². The summed E-state index contributed by atoms with van der Waals surface area (Å²) < 4.78 is 4.09. The number of carboxylic acids is 1. The Labute approximate surface area is 110 Å². The van der Waals surface area contributed by atoms with E-state index in [0.29, 0.717) is 18.0 Å². The van der Waals surface area contributed by atoms with Crippen molar-refractivity contribution in [2.45, 2.75) is 26.2 Å². The average molecular weight is 268 g/mol. The number of nitrogens with zero attached hydrogens (tertiary/aromatic N) is 2. The molecule has 1 aliphatic rings. The third-order valence-electron chi connectivity index (χ3n) is 3.04. The van der Waals surface area contributed by atoms with E-state index in [-0.39, 0.29) is 18.9 Å². The zero-order chi connectivity index (χ0) is 13.1. The van der Waals surface area contributed by atoms with Gasteiger partial charge in [0.1, 0.15) is 0 Å². The Bertz CT molecular complexity index is 454. The minimum atomic E-state index is -0.872. The summed E-state index contributed by atoms with van der Waals surface area (Å²) in [5.74, 6) is -0.409. The Morgan fingerprint density at radius 3 is 2.78 bits per heavy atom. The van der Waals surface area contributed by atoms with E-state index in [1.807, 2.05) is 0 Å². The first kappa shape index (κ1) is 13.0. The third-order valence-corrected chi connectivity index (χ3v) is 3.76.